The highest BCUT2D eigenvalue weighted by molar-refractivity contribution is 6.04. The SMILES string of the molecule is Cc1ccc(NC(=O)c2ccccc2)cc1Nc1nccc(-c2ccc[n+](COC(=O)N3CCCC3)c2)n1. The summed E-state index contributed by atoms with van der Waals surface area (Å²) in [5.74, 6) is 0.246. The lowest BCUT2D eigenvalue weighted by molar-refractivity contribution is -0.727. The lowest BCUT2D eigenvalue weighted by Crippen LogP contribution is -2.38. The van der Waals surface area contributed by atoms with Gasteiger partial charge in [-0.25, -0.2) is 14.8 Å². The predicted octanol–water partition coefficient (Wildman–Crippen LogP) is 4.93. The van der Waals surface area contributed by atoms with Gasteiger partial charge >= 0.3 is 6.09 Å². The molecule has 0 unspecified atom stereocenters. The number of likely N-dealkylation sites (tertiary alicyclic amines) is 1. The first-order chi connectivity index (χ1) is 18.5. The molecular formula is C29H29N6O3+. The van der Waals surface area contributed by atoms with Gasteiger partial charge in [0.05, 0.1) is 11.3 Å². The van der Waals surface area contributed by atoms with Gasteiger partial charge in [-0.3, -0.25) is 4.79 Å². The van der Waals surface area contributed by atoms with Crippen molar-refractivity contribution in [3.8, 4) is 11.3 Å². The van der Waals surface area contributed by atoms with Gasteiger partial charge in [-0.15, -0.1) is 0 Å². The fourth-order valence-electron chi connectivity index (χ4n) is 4.20. The third-order valence-corrected chi connectivity index (χ3v) is 6.29. The van der Waals surface area contributed by atoms with Crippen molar-refractivity contribution < 1.29 is 18.9 Å². The summed E-state index contributed by atoms with van der Waals surface area (Å²) in [5.41, 5.74) is 4.59. The number of ether oxygens (including phenoxy) is 1. The van der Waals surface area contributed by atoms with Crippen LogP contribution in [0.4, 0.5) is 22.1 Å². The molecule has 0 bridgehead atoms. The maximum Gasteiger partial charge on any atom is 0.414 e. The van der Waals surface area contributed by atoms with E-state index in [1.807, 2.05) is 78.5 Å². The first kappa shape index (κ1) is 24.9. The molecule has 0 aliphatic carbocycles. The van der Waals surface area contributed by atoms with Crippen molar-refractivity contribution >= 4 is 29.3 Å². The van der Waals surface area contributed by atoms with Gasteiger partial charge in [0.25, 0.3) is 12.6 Å². The van der Waals surface area contributed by atoms with E-state index in [0.717, 1.165) is 42.7 Å². The van der Waals surface area contributed by atoms with Crippen LogP contribution in [0.3, 0.4) is 0 Å². The van der Waals surface area contributed by atoms with E-state index in [-0.39, 0.29) is 18.7 Å². The van der Waals surface area contributed by atoms with Crippen molar-refractivity contribution in [2.24, 2.45) is 0 Å². The summed E-state index contributed by atoms with van der Waals surface area (Å²) in [7, 11) is 0. The molecule has 1 fully saturated rings. The summed E-state index contributed by atoms with van der Waals surface area (Å²) in [4.78, 5) is 35.6. The number of aryl methyl sites for hydroxylation is 1. The van der Waals surface area contributed by atoms with Crippen molar-refractivity contribution in [2.75, 3.05) is 23.7 Å². The van der Waals surface area contributed by atoms with Crippen LogP contribution in [0.1, 0.15) is 28.8 Å². The number of rotatable bonds is 7. The Morgan fingerprint density at radius 3 is 2.66 bits per heavy atom. The van der Waals surface area contributed by atoms with Crippen LogP contribution in [0.25, 0.3) is 11.3 Å². The second kappa shape index (κ2) is 11.5. The van der Waals surface area contributed by atoms with Gasteiger partial charge < -0.3 is 20.3 Å². The van der Waals surface area contributed by atoms with E-state index in [0.29, 0.717) is 22.9 Å². The van der Waals surface area contributed by atoms with Gasteiger partial charge in [0, 0.05) is 42.3 Å². The molecule has 9 nitrogen and oxygen atoms in total. The van der Waals surface area contributed by atoms with Crippen molar-refractivity contribution in [2.45, 2.75) is 26.5 Å². The number of carbonyl (C=O) groups excluding carboxylic acids is 2. The number of benzene rings is 2. The number of nitrogens with zero attached hydrogens (tertiary/aromatic N) is 4. The standard InChI is InChI=1S/C29H28N6O3/c1-21-11-12-24(31-27(36)22-8-3-2-4-9-22)18-26(21)33-28-30-14-13-25(32-28)23-10-7-15-34(19-23)20-38-29(37)35-16-5-6-17-35/h2-4,7-15,18-19H,5-6,16-17,20H2,1H3,(H-,30,31,32,33,36)/p+1. The van der Waals surface area contributed by atoms with Crippen LogP contribution >= 0.6 is 0 Å². The van der Waals surface area contributed by atoms with E-state index in [1.165, 1.54) is 0 Å². The summed E-state index contributed by atoms with van der Waals surface area (Å²) in [6.45, 7) is 3.60. The third kappa shape index (κ3) is 6.12. The lowest BCUT2D eigenvalue weighted by atomic mass is 10.1. The first-order valence-corrected chi connectivity index (χ1v) is 12.5. The minimum atomic E-state index is -0.286. The minimum absolute atomic E-state index is 0.125. The van der Waals surface area contributed by atoms with Gasteiger partial charge in [-0.1, -0.05) is 24.3 Å². The predicted molar refractivity (Wildman–Crippen MR) is 144 cm³/mol. The lowest BCUT2D eigenvalue weighted by Gasteiger charge is -2.13. The van der Waals surface area contributed by atoms with Crippen molar-refractivity contribution in [3.63, 3.8) is 0 Å². The largest absolute Gasteiger partial charge is 0.414 e. The van der Waals surface area contributed by atoms with Crippen molar-refractivity contribution in [1.82, 2.24) is 14.9 Å². The Labute approximate surface area is 221 Å². The molecule has 9 heteroatoms. The molecule has 192 valence electrons. The van der Waals surface area contributed by atoms with Crippen molar-refractivity contribution in [3.05, 3.63) is 96.4 Å². The van der Waals surface area contributed by atoms with E-state index in [4.69, 9.17) is 4.74 Å². The summed E-state index contributed by atoms with van der Waals surface area (Å²) >= 11 is 0. The molecule has 0 atom stereocenters. The molecule has 0 saturated carbocycles. The molecule has 1 aliphatic rings. The molecule has 2 amide bonds. The summed E-state index contributed by atoms with van der Waals surface area (Å²) in [5, 5.41) is 6.20. The Morgan fingerprint density at radius 2 is 1.84 bits per heavy atom. The minimum Gasteiger partial charge on any atom is -0.388 e. The van der Waals surface area contributed by atoms with E-state index >= 15 is 0 Å². The zero-order valence-electron chi connectivity index (χ0n) is 21.1. The van der Waals surface area contributed by atoms with Crippen LogP contribution < -0.4 is 15.2 Å². The molecule has 0 radical (unpaired) electrons. The van der Waals surface area contributed by atoms with Crippen LogP contribution in [0, 0.1) is 6.92 Å². The van der Waals surface area contributed by atoms with E-state index in [1.54, 1.807) is 23.2 Å². The number of nitrogens with one attached hydrogen (secondary N) is 2. The number of anilines is 3. The molecule has 3 heterocycles. The van der Waals surface area contributed by atoms with Crippen LogP contribution in [-0.2, 0) is 11.5 Å². The Balaban J connectivity index is 1.27. The van der Waals surface area contributed by atoms with Crippen molar-refractivity contribution in [1.29, 1.82) is 0 Å². The van der Waals surface area contributed by atoms with E-state index in [9.17, 15) is 9.59 Å². The second-order valence-corrected chi connectivity index (χ2v) is 9.08. The molecule has 0 spiro atoms. The van der Waals surface area contributed by atoms with Crippen LogP contribution in [0.2, 0.25) is 0 Å². The second-order valence-electron chi connectivity index (χ2n) is 9.08. The monoisotopic (exact) mass is 509 g/mol. The number of amides is 2. The summed E-state index contributed by atoms with van der Waals surface area (Å²) < 4.78 is 7.27. The highest BCUT2D eigenvalue weighted by Crippen LogP contribution is 2.24. The molecule has 2 aromatic carbocycles. The fourth-order valence-corrected chi connectivity index (χ4v) is 4.20. The van der Waals surface area contributed by atoms with Crippen LogP contribution in [0.15, 0.2) is 85.3 Å². The average Bonchev–Trinajstić information content (AvgIpc) is 3.50. The summed E-state index contributed by atoms with van der Waals surface area (Å²) in [6.07, 6.45) is 7.17. The van der Waals surface area contributed by atoms with E-state index < -0.39 is 0 Å². The van der Waals surface area contributed by atoms with Gasteiger partial charge in [-0.05, 0) is 61.7 Å². The van der Waals surface area contributed by atoms with Crippen LogP contribution in [0.5, 0.6) is 0 Å². The Morgan fingerprint density at radius 1 is 1.03 bits per heavy atom. The van der Waals surface area contributed by atoms with E-state index in [2.05, 4.69) is 20.6 Å². The molecule has 38 heavy (non-hydrogen) atoms. The zero-order valence-corrected chi connectivity index (χ0v) is 21.1. The molecule has 1 aliphatic heterocycles. The Hall–Kier alpha value is -4.79. The first-order valence-electron chi connectivity index (χ1n) is 12.5. The van der Waals surface area contributed by atoms with Gasteiger partial charge in [0.1, 0.15) is 0 Å². The molecular weight excluding hydrogens is 480 g/mol. The maximum atomic E-state index is 12.6. The quantitative estimate of drug-likeness (QED) is 0.343. The maximum absolute atomic E-state index is 12.6. The summed E-state index contributed by atoms with van der Waals surface area (Å²) in [6, 6.07) is 20.4. The fraction of sp³-hybridized carbons (Fsp3) is 0.207. The van der Waals surface area contributed by atoms with Gasteiger partial charge in [0.2, 0.25) is 5.95 Å². The Bertz CT molecular complexity index is 1440. The highest BCUT2D eigenvalue weighted by Gasteiger charge is 2.20. The smallest absolute Gasteiger partial charge is 0.388 e. The number of hydrogen-bond donors (Lipinski definition) is 2. The third-order valence-electron chi connectivity index (χ3n) is 6.29. The zero-order chi connectivity index (χ0) is 26.3. The number of aromatic nitrogens is 3. The topological polar surface area (TPSA) is 100 Å². The number of carbonyl (C=O) groups is 2. The van der Waals surface area contributed by atoms with Gasteiger partial charge in [0.15, 0.2) is 12.4 Å². The number of hydrogen-bond acceptors (Lipinski definition) is 6. The highest BCUT2D eigenvalue weighted by atomic mass is 16.6. The average molecular weight is 510 g/mol. The molecule has 2 aromatic heterocycles. The Kier molecular flexibility index (Phi) is 7.54. The van der Waals surface area contributed by atoms with Gasteiger partial charge in [-0.2, -0.15) is 4.57 Å². The van der Waals surface area contributed by atoms with Crippen LogP contribution in [-0.4, -0.2) is 40.0 Å². The normalized spacial score (nSPS) is 12.7. The molecule has 5 rings (SSSR count). The molecule has 4 aromatic rings. The number of pyridine rings is 1. The molecule has 1 saturated heterocycles. The molecule has 2 N–H and O–H groups in total.